The van der Waals surface area contributed by atoms with Crippen LogP contribution in [0.5, 0.6) is 0 Å². The number of carbonyl (C=O) groups excluding carboxylic acids is 1. The first kappa shape index (κ1) is 20.7. The van der Waals surface area contributed by atoms with Gasteiger partial charge in [-0.15, -0.1) is 0 Å². The quantitative estimate of drug-likeness (QED) is 0.543. The Kier molecular flexibility index (Phi) is 12.9. The molecule has 0 rings (SSSR count). The highest BCUT2D eigenvalue weighted by atomic mass is 16.5. The van der Waals surface area contributed by atoms with E-state index < -0.39 is 5.97 Å². The van der Waals surface area contributed by atoms with Gasteiger partial charge in [0.25, 0.3) is 0 Å². The van der Waals surface area contributed by atoms with Gasteiger partial charge in [0.15, 0.2) is 0 Å². The fourth-order valence-electron chi connectivity index (χ4n) is 1.58. The molecule has 0 aliphatic carbocycles. The third-order valence-electron chi connectivity index (χ3n) is 2.62. The van der Waals surface area contributed by atoms with Crippen molar-refractivity contribution in [1.82, 2.24) is 0 Å². The molecule has 4 nitrogen and oxygen atoms in total. The summed E-state index contributed by atoms with van der Waals surface area (Å²) < 4.78 is 5.08. The Morgan fingerprint density at radius 1 is 1.30 bits per heavy atom. The Morgan fingerprint density at radius 2 is 1.80 bits per heavy atom. The average Bonchev–Trinajstić information content (AvgIpc) is 2.41. The molecule has 4 heteroatoms. The molecule has 1 N–H and O–H groups in total. The number of hydrogen-bond donors (Lipinski definition) is 1. The molecule has 0 fully saturated rings. The lowest BCUT2D eigenvalue weighted by Crippen LogP contribution is -2.16. The lowest BCUT2D eigenvalue weighted by atomic mass is 9.89. The maximum Gasteiger partial charge on any atom is 0.333 e. The van der Waals surface area contributed by atoms with Gasteiger partial charge in [-0.25, -0.2) is 9.59 Å². The van der Waals surface area contributed by atoms with Crippen molar-refractivity contribution in [2.24, 2.45) is 11.8 Å². The van der Waals surface area contributed by atoms with Gasteiger partial charge in [-0.3, -0.25) is 0 Å². The van der Waals surface area contributed by atoms with Gasteiger partial charge in [0.2, 0.25) is 0 Å². The van der Waals surface area contributed by atoms with E-state index in [0.29, 0.717) is 18.1 Å². The lowest BCUT2D eigenvalue weighted by Gasteiger charge is -2.18. The van der Waals surface area contributed by atoms with E-state index in [-0.39, 0.29) is 11.9 Å². The molecule has 0 radical (unpaired) electrons. The Morgan fingerprint density at radius 3 is 2.10 bits per heavy atom. The molecule has 1 atom stereocenters. The van der Waals surface area contributed by atoms with Gasteiger partial charge in [0, 0.05) is 11.6 Å². The molecule has 0 saturated carbocycles. The Labute approximate surface area is 122 Å². The number of esters is 1. The number of carboxylic acid groups (broad SMARTS) is 1. The van der Waals surface area contributed by atoms with E-state index in [1.165, 1.54) is 0 Å². The van der Waals surface area contributed by atoms with Crippen LogP contribution in [0.3, 0.4) is 0 Å². The predicted molar refractivity (Wildman–Crippen MR) is 81.5 cm³/mol. The molecule has 0 aliphatic rings. The van der Waals surface area contributed by atoms with E-state index in [4.69, 9.17) is 9.84 Å². The molecule has 116 valence electrons. The minimum Gasteiger partial charge on any atom is -0.478 e. The number of hydrogen-bond acceptors (Lipinski definition) is 3. The molecule has 20 heavy (non-hydrogen) atoms. The summed E-state index contributed by atoms with van der Waals surface area (Å²) in [4.78, 5) is 20.8. The van der Waals surface area contributed by atoms with E-state index in [2.05, 4.69) is 33.9 Å². The topological polar surface area (TPSA) is 63.6 Å². The van der Waals surface area contributed by atoms with Gasteiger partial charge in [-0.2, -0.15) is 0 Å². The van der Waals surface area contributed by atoms with Gasteiger partial charge in [0.05, 0.1) is 6.61 Å². The Bertz CT molecular complexity index is 318. The van der Waals surface area contributed by atoms with Gasteiger partial charge >= 0.3 is 11.9 Å². The van der Waals surface area contributed by atoms with Crippen molar-refractivity contribution in [3.63, 3.8) is 0 Å². The number of ether oxygens (including phenoxy) is 1. The monoisotopic (exact) mass is 284 g/mol. The summed E-state index contributed by atoms with van der Waals surface area (Å²) in [5.41, 5.74) is 0.639. The molecule has 0 spiro atoms. The summed E-state index contributed by atoms with van der Waals surface area (Å²) in [5, 5.41) is 7.60. The minimum atomic E-state index is -0.981. The van der Waals surface area contributed by atoms with Crippen molar-refractivity contribution in [3.05, 3.63) is 24.8 Å². The van der Waals surface area contributed by atoms with Crippen molar-refractivity contribution in [2.45, 2.75) is 47.0 Å². The average molecular weight is 284 g/mol. The standard InChI is InChI=1S/C13H24O2.C3H4O2/c1-6-8-15-13(14)11(5)12(7-2)9-10(3)4;1-2-3(4)5/h10,12H,5-9H2,1-4H3;2H,1H2,(H,4,5). The second kappa shape index (κ2) is 12.5. The first-order valence-electron chi connectivity index (χ1n) is 7.01. The molecule has 0 aromatic rings. The molecule has 0 saturated heterocycles. The molecular formula is C16H28O4. The van der Waals surface area contributed by atoms with Gasteiger partial charge in [0.1, 0.15) is 0 Å². The minimum absolute atomic E-state index is 0.218. The summed E-state index contributed by atoms with van der Waals surface area (Å²) in [6.45, 7) is 15.7. The highest BCUT2D eigenvalue weighted by molar-refractivity contribution is 5.88. The smallest absolute Gasteiger partial charge is 0.333 e. The van der Waals surface area contributed by atoms with Crippen LogP contribution in [0.2, 0.25) is 0 Å². The SMILES string of the molecule is C=C(C(=O)OCCC)C(CC)CC(C)C.C=CC(=O)O. The third kappa shape index (κ3) is 11.5. The zero-order chi connectivity index (χ0) is 16.1. The summed E-state index contributed by atoms with van der Waals surface area (Å²) in [7, 11) is 0. The molecule has 0 aromatic heterocycles. The van der Waals surface area contributed by atoms with Crippen molar-refractivity contribution in [2.75, 3.05) is 6.61 Å². The van der Waals surface area contributed by atoms with E-state index >= 15 is 0 Å². The van der Waals surface area contributed by atoms with Gasteiger partial charge < -0.3 is 9.84 Å². The second-order valence-electron chi connectivity index (χ2n) is 4.94. The van der Waals surface area contributed by atoms with Crippen LogP contribution in [0.25, 0.3) is 0 Å². The lowest BCUT2D eigenvalue weighted by molar-refractivity contribution is -0.139. The van der Waals surface area contributed by atoms with E-state index in [1.54, 1.807) is 0 Å². The van der Waals surface area contributed by atoms with Crippen LogP contribution in [-0.2, 0) is 14.3 Å². The normalized spacial score (nSPS) is 11.1. The maximum atomic E-state index is 11.6. The van der Waals surface area contributed by atoms with Crippen molar-refractivity contribution >= 4 is 11.9 Å². The van der Waals surface area contributed by atoms with E-state index in [0.717, 1.165) is 25.3 Å². The zero-order valence-corrected chi connectivity index (χ0v) is 13.1. The largest absolute Gasteiger partial charge is 0.478 e. The molecule has 0 aliphatic heterocycles. The van der Waals surface area contributed by atoms with Crippen molar-refractivity contribution in [3.8, 4) is 0 Å². The van der Waals surface area contributed by atoms with Gasteiger partial charge in [-0.05, 0) is 31.1 Å². The molecular weight excluding hydrogens is 256 g/mol. The van der Waals surface area contributed by atoms with Crippen LogP contribution in [0, 0.1) is 11.8 Å². The van der Waals surface area contributed by atoms with Crippen molar-refractivity contribution < 1.29 is 19.4 Å². The molecule has 0 heterocycles. The third-order valence-corrected chi connectivity index (χ3v) is 2.62. The van der Waals surface area contributed by atoms with Crippen LogP contribution < -0.4 is 0 Å². The summed E-state index contributed by atoms with van der Waals surface area (Å²) >= 11 is 0. The zero-order valence-electron chi connectivity index (χ0n) is 13.1. The van der Waals surface area contributed by atoms with E-state index in [1.807, 2.05) is 6.92 Å². The van der Waals surface area contributed by atoms with Crippen LogP contribution in [0.1, 0.15) is 47.0 Å². The Balaban J connectivity index is 0. The molecule has 0 amide bonds. The molecule has 0 bridgehead atoms. The summed E-state index contributed by atoms with van der Waals surface area (Å²) in [6, 6.07) is 0. The highest BCUT2D eigenvalue weighted by Gasteiger charge is 2.19. The van der Waals surface area contributed by atoms with Crippen LogP contribution >= 0.6 is 0 Å². The van der Waals surface area contributed by atoms with Crippen LogP contribution in [0.4, 0.5) is 0 Å². The predicted octanol–water partition coefficient (Wildman–Crippen LogP) is 3.83. The first-order valence-corrected chi connectivity index (χ1v) is 7.01. The van der Waals surface area contributed by atoms with Crippen molar-refractivity contribution in [1.29, 1.82) is 0 Å². The molecule has 1 unspecified atom stereocenters. The van der Waals surface area contributed by atoms with Gasteiger partial charge in [-0.1, -0.05) is 40.9 Å². The maximum absolute atomic E-state index is 11.6. The highest BCUT2D eigenvalue weighted by Crippen LogP contribution is 2.23. The van der Waals surface area contributed by atoms with E-state index in [9.17, 15) is 9.59 Å². The van der Waals surface area contributed by atoms with Crippen LogP contribution in [-0.4, -0.2) is 23.7 Å². The fraction of sp³-hybridized carbons (Fsp3) is 0.625. The first-order chi connectivity index (χ1) is 9.29. The summed E-state index contributed by atoms with van der Waals surface area (Å²) in [6.07, 6.45) is 3.66. The summed E-state index contributed by atoms with van der Waals surface area (Å²) in [5.74, 6) is -0.339. The fourth-order valence-corrected chi connectivity index (χ4v) is 1.58. The second-order valence-corrected chi connectivity index (χ2v) is 4.94. The number of carboxylic acids is 1. The van der Waals surface area contributed by atoms with Crippen LogP contribution in [0.15, 0.2) is 24.8 Å². The molecule has 0 aromatic carbocycles. The number of aliphatic carboxylic acids is 1. The number of carbonyl (C=O) groups is 2. The Hall–Kier alpha value is -1.58. The number of rotatable bonds is 8.